The fourth-order valence-corrected chi connectivity index (χ4v) is 2.40. The number of hydrogen-bond acceptors (Lipinski definition) is 1. The van der Waals surface area contributed by atoms with Crippen LogP contribution < -0.4 is 0 Å². The van der Waals surface area contributed by atoms with Crippen molar-refractivity contribution in [2.45, 2.75) is 13.1 Å². The predicted molar refractivity (Wildman–Crippen MR) is 39.8 cm³/mol. The van der Waals surface area contributed by atoms with E-state index in [1.54, 1.807) is 3.11 Å². The average Bonchev–Trinajstić information content (AvgIpc) is 1.58. The Bertz CT molecular complexity index is 138. The van der Waals surface area contributed by atoms with Gasteiger partial charge in [0.1, 0.15) is 0 Å². The van der Waals surface area contributed by atoms with Gasteiger partial charge >= 0.3 is 6.18 Å². The number of rotatable bonds is 0. The van der Waals surface area contributed by atoms with Gasteiger partial charge in [0.25, 0.3) is 0 Å². The maximum Gasteiger partial charge on any atom is 0.396 e. The Morgan fingerprint density at radius 2 is 1.80 bits per heavy atom. The summed E-state index contributed by atoms with van der Waals surface area (Å²) in [5.74, 6) is 0. The summed E-state index contributed by atoms with van der Waals surface area (Å²) < 4.78 is 37.7. The van der Waals surface area contributed by atoms with Gasteiger partial charge in [0, 0.05) is 36.0 Å². The number of halogens is 4. The second-order valence-electron chi connectivity index (χ2n) is 2.84. The van der Waals surface area contributed by atoms with Crippen LogP contribution in [-0.4, -0.2) is 22.4 Å². The minimum absolute atomic E-state index is 0.122. The molecule has 1 saturated heterocycles. The van der Waals surface area contributed by atoms with Crippen LogP contribution in [0.1, 0.15) is 6.92 Å². The van der Waals surface area contributed by atoms with Gasteiger partial charge in [0.15, 0.2) is 0 Å². The van der Waals surface area contributed by atoms with Crippen LogP contribution in [0.25, 0.3) is 0 Å². The molecular formula is C5H7F3IN. The second-order valence-corrected chi connectivity index (χ2v) is 4.20. The Morgan fingerprint density at radius 1 is 1.40 bits per heavy atom. The summed E-state index contributed by atoms with van der Waals surface area (Å²) in [5, 5.41) is 0. The molecule has 1 nitrogen and oxygen atoms in total. The van der Waals surface area contributed by atoms with Crippen LogP contribution in [0.4, 0.5) is 13.2 Å². The van der Waals surface area contributed by atoms with Crippen LogP contribution in [0, 0.1) is 5.41 Å². The smallest absolute Gasteiger partial charge is 0.246 e. The number of hydrogen-bond donors (Lipinski definition) is 0. The summed E-state index contributed by atoms with van der Waals surface area (Å²) in [6.45, 7) is 1.50. The fourth-order valence-electron chi connectivity index (χ4n) is 0.890. The molecule has 0 N–H and O–H groups in total. The van der Waals surface area contributed by atoms with Gasteiger partial charge in [-0.3, -0.25) is 0 Å². The molecule has 1 heterocycles. The molecule has 1 fully saturated rings. The molecule has 0 aromatic rings. The number of alkyl halides is 3. The zero-order valence-corrected chi connectivity index (χ0v) is 7.53. The Hall–Kier alpha value is 0.480. The van der Waals surface area contributed by atoms with Crippen LogP contribution >= 0.6 is 22.9 Å². The van der Waals surface area contributed by atoms with E-state index in [4.69, 9.17) is 0 Å². The van der Waals surface area contributed by atoms with Crippen molar-refractivity contribution in [1.82, 2.24) is 3.11 Å². The summed E-state index contributed by atoms with van der Waals surface area (Å²) in [5.41, 5.74) is -1.45. The van der Waals surface area contributed by atoms with E-state index in [1.165, 1.54) is 6.92 Å². The molecule has 0 spiro atoms. The Morgan fingerprint density at radius 3 is 1.90 bits per heavy atom. The van der Waals surface area contributed by atoms with E-state index in [0.717, 1.165) is 0 Å². The number of nitrogens with zero attached hydrogens (tertiary/aromatic N) is 1. The van der Waals surface area contributed by atoms with Crippen molar-refractivity contribution in [3.63, 3.8) is 0 Å². The summed E-state index contributed by atoms with van der Waals surface area (Å²) in [6.07, 6.45) is -4.03. The minimum Gasteiger partial charge on any atom is -0.246 e. The minimum atomic E-state index is -4.03. The zero-order chi connectivity index (χ0) is 7.99. The highest BCUT2D eigenvalue weighted by atomic mass is 127. The molecule has 1 rings (SSSR count). The summed E-state index contributed by atoms with van der Waals surface area (Å²) in [4.78, 5) is 0. The van der Waals surface area contributed by atoms with Crippen LogP contribution in [-0.2, 0) is 0 Å². The standard InChI is InChI=1S/C5H7F3IN/c1-4(5(6,7)8)2-10(9)3-4/h2-3H2,1H3. The van der Waals surface area contributed by atoms with Crippen LogP contribution in [0.3, 0.4) is 0 Å². The monoisotopic (exact) mass is 265 g/mol. The molecule has 0 aliphatic carbocycles. The van der Waals surface area contributed by atoms with Gasteiger partial charge in [-0.25, -0.2) is 3.11 Å². The van der Waals surface area contributed by atoms with Gasteiger partial charge in [-0.2, -0.15) is 13.2 Å². The van der Waals surface area contributed by atoms with Crippen molar-refractivity contribution < 1.29 is 13.2 Å². The fraction of sp³-hybridized carbons (Fsp3) is 1.00. The van der Waals surface area contributed by atoms with Gasteiger partial charge in [-0.15, -0.1) is 0 Å². The summed E-state index contributed by atoms with van der Waals surface area (Å²) in [6, 6.07) is 0. The van der Waals surface area contributed by atoms with Gasteiger partial charge in [-0.1, -0.05) is 0 Å². The van der Waals surface area contributed by atoms with Crippen molar-refractivity contribution in [2.75, 3.05) is 13.1 Å². The normalized spacial score (nSPS) is 26.1. The lowest BCUT2D eigenvalue weighted by Gasteiger charge is -2.45. The first kappa shape index (κ1) is 8.58. The van der Waals surface area contributed by atoms with Gasteiger partial charge in [-0.05, 0) is 6.92 Å². The molecule has 0 amide bonds. The molecule has 60 valence electrons. The molecule has 5 heteroatoms. The van der Waals surface area contributed by atoms with Crippen molar-refractivity contribution in [1.29, 1.82) is 0 Å². The lowest BCUT2D eigenvalue weighted by atomic mass is 9.83. The van der Waals surface area contributed by atoms with Gasteiger partial charge in [0.2, 0.25) is 0 Å². The summed E-state index contributed by atoms with van der Waals surface area (Å²) >= 11 is 1.89. The van der Waals surface area contributed by atoms with Crippen LogP contribution in [0.5, 0.6) is 0 Å². The SMILES string of the molecule is CC1(C(F)(F)F)CN(I)C1. The predicted octanol–water partition coefficient (Wildman–Crippen LogP) is 2.22. The van der Waals surface area contributed by atoms with E-state index >= 15 is 0 Å². The molecule has 1 aliphatic rings. The van der Waals surface area contributed by atoms with Gasteiger partial charge in [0.05, 0.1) is 5.41 Å². The van der Waals surface area contributed by atoms with E-state index < -0.39 is 11.6 Å². The summed E-state index contributed by atoms with van der Waals surface area (Å²) in [7, 11) is 0. The zero-order valence-electron chi connectivity index (χ0n) is 5.37. The van der Waals surface area contributed by atoms with Crippen molar-refractivity contribution in [3.8, 4) is 0 Å². The first-order valence-electron chi connectivity index (χ1n) is 2.83. The molecule has 0 unspecified atom stereocenters. The van der Waals surface area contributed by atoms with Crippen molar-refractivity contribution >= 4 is 22.9 Å². The third kappa shape index (κ3) is 1.25. The largest absolute Gasteiger partial charge is 0.396 e. The highest BCUT2D eigenvalue weighted by molar-refractivity contribution is 14.1. The van der Waals surface area contributed by atoms with E-state index in [9.17, 15) is 13.2 Å². The third-order valence-electron chi connectivity index (χ3n) is 1.73. The molecule has 0 bridgehead atoms. The Kier molecular flexibility index (Phi) is 1.91. The van der Waals surface area contributed by atoms with E-state index in [1.807, 2.05) is 22.9 Å². The highest BCUT2D eigenvalue weighted by Crippen LogP contribution is 2.46. The van der Waals surface area contributed by atoms with Gasteiger partial charge < -0.3 is 0 Å². The molecule has 0 aromatic carbocycles. The van der Waals surface area contributed by atoms with Crippen molar-refractivity contribution in [2.24, 2.45) is 5.41 Å². The molecule has 0 saturated carbocycles. The second kappa shape index (κ2) is 2.23. The molecule has 0 atom stereocenters. The maximum absolute atomic E-state index is 12.0. The first-order valence-corrected chi connectivity index (χ1v) is 3.79. The van der Waals surface area contributed by atoms with E-state index in [-0.39, 0.29) is 13.1 Å². The highest BCUT2D eigenvalue weighted by Gasteiger charge is 2.57. The quantitative estimate of drug-likeness (QED) is 0.479. The van der Waals surface area contributed by atoms with E-state index in [2.05, 4.69) is 0 Å². The Balaban J connectivity index is 2.57. The Labute approximate surface area is 71.1 Å². The molecule has 0 aromatic heterocycles. The van der Waals surface area contributed by atoms with E-state index in [0.29, 0.717) is 0 Å². The molecule has 1 aliphatic heterocycles. The van der Waals surface area contributed by atoms with Crippen molar-refractivity contribution in [3.05, 3.63) is 0 Å². The molecule has 10 heavy (non-hydrogen) atoms. The third-order valence-corrected chi connectivity index (χ3v) is 2.41. The average molecular weight is 265 g/mol. The lowest BCUT2D eigenvalue weighted by Crippen LogP contribution is -2.57. The maximum atomic E-state index is 12.0. The molecular weight excluding hydrogens is 258 g/mol. The lowest BCUT2D eigenvalue weighted by molar-refractivity contribution is -0.244. The molecule has 0 radical (unpaired) electrons. The first-order chi connectivity index (χ1) is 4.35. The van der Waals surface area contributed by atoms with Crippen LogP contribution in [0.2, 0.25) is 0 Å². The topological polar surface area (TPSA) is 3.24 Å². The van der Waals surface area contributed by atoms with Crippen LogP contribution in [0.15, 0.2) is 0 Å².